The van der Waals surface area contributed by atoms with Gasteiger partial charge in [-0.25, -0.2) is 4.57 Å². The zero-order valence-electron chi connectivity index (χ0n) is 10.2. The molecule has 0 spiro atoms. The second-order valence-electron chi connectivity index (χ2n) is 4.15. The molecule has 2 heterocycles. The molecule has 0 unspecified atom stereocenters. The lowest BCUT2D eigenvalue weighted by Gasteiger charge is -1.99. The van der Waals surface area contributed by atoms with Crippen molar-refractivity contribution in [2.24, 2.45) is 7.05 Å². The predicted octanol–water partition coefficient (Wildman–Crippen LogP) is 2.41. The minimum Gasteiger partial charge on any atom is -0.454 e. The Bertz CT molecular complexity index is 605. The van der Waals surface area contributed by atoms with Gasteiger partial charge in [-0.15, -0.1) is 0 Å². The Morgan fingerprint density at radius 2 is 2.00 bits per heavy atom. The summed E-state index contributed by atoms with van der Waals surface area (Å²) in [7, 11) is 2.02. The molecule has 90 valence electrons. The number of nitrogens with zero attached hydrogens (tertiary/aromatic N) is 1. The van der Waals surface area contributed by atoms with Crippen LogP contribution in [0, 0.1) is 0 Å². The van der Waals surface area contributed by atoms with Crippen LogP contribution in [0.5, 0.6) is 11.5 Å². The number of aryl methyl sites for hydroxylation is 1. The van der Waals surface area contributed by atoms with Gasteiger partial charge in [-0.05, 0) is 18.2 Å². The van der Waals surface area contributed by atoms with Crippen molar-refractivity contribution in [1.29, 1.82) is 0 Å². The summed E-state index contributed by atoms with van der Waals surface area (Å²) in [6.45, 7) is 0.305. The van der Waals surface area contributed by atoms with Gasteiger partial charge in [0, 0.05) is 23.8 Å². The van der Waals surface area contributed by atoms with Crippen molar-refractivity contribution in [3.05, 3.63) is 53.9 Å². The van der Waals surface area contributed by atoms with Crippen molar-refractivity contribution in [2.75, 3.05) is 6.79 Å². The number of hydrogen-bond acceptors (Lipinski definition) is 2. The Morgan fingerprint density at radius 1 is 1.06 bits per heavy atom. The van der Waals surface area contributed by atoms with Crippen molar-refractivity contribution < 1.29 is 14.0 Å². The minimum absolute atomic E-state index is 0.305. The molecule has 18 heavy (non-hydrogen) atoms. The first-order chi connectivity index (χ1) is 8.84. The van der Waals surface area contributed by atoms with Crippen molar-refractivity contribution in [2.45, 2.75) is 0 Å². The lowest BCUT2D eigenvalue weighted by Crippen LogP contribution is -2.30. The first kappa shape index (κ1) is 10.8. The van der Waals surface area contributed by atoms with Crippen LogP contribution in [-0.4, -0.2) is 6.79 Å². The van der Waals surface area contributed by atoms with Crippen LogP contribution in [0.3, 0.4) is 0 Å². The molecule has 3 nitrogen and oxygen atoms in total. The Kier molecular flexibility index (Phi) is 2.73. The molecular formula is C15H14NO2+. The average Bonchev–Trinajstić information content (AvgIpc) is 2.86. The van der Waals surface area contributed by atoms with Gasteiger partial charge in [0.1, 0.15) is 7.05 Å². The van der Waals surface area contributed by atoms with E-state index in [2.05, 4.69) is 16.7 Å². The number of benzene rings is 1. The maximum Gasteiger partial charge on any atom is 0.231 e. The molecular weight excluding hydrogens is 226 g/mol. The molecule has 0 saturated carbocycles. The van der Waals surface area contributed by atoms with E-state index in [-0.39, 0.29) is 0 Å². The molecule has 0 amide bonds. The van der Waals surface area contributed by atoms with E-state index in [0.717, 1.165) is 22.8 Å². The van der Waals surface area contributed by atoms with Gasteiger partial charge >= 0.3 is 0 Å². The molecule has 1 aromatic heterocycles. The summed E-state index contributed by atoms with van der Waals surface area (Å²) in [5.74, 6) is 1.64. The third kappa shape index (κ3) is 1.95. The van der Waals surface area contributed by atoms with Crippen LogP contribution in [0.25, 0.3) is 12.2 Å². The van der Waals surface area contributed by atoms with Crippen LogP contribution < -0.4 is 14.0 Å². The van der Waals surface area contributed by atoms with Gasteiger partial charge in [0.15, 0.2) is 17.7 Å². The zero-order valence-corrected chi connectivity index (χ0v) is 10.2. The fraction of sp³-hybridized carbons (Fsp3) is 0.133. The van der Waals surface area contributed by atoms with Crippen molar-refractivity contribution in [1.82, 2.24) is 0 Å². The van der Waals surface area contributed by atoms with E-state index in [9.17, 15) is 0 Å². The standard InChI is InChI=1S/C15H14NO2/c1-16-10-3-2-6-13(16)9-8-12-5-4-7-14-15(12)18-11-17-14/h2-10H,11H2,1H3/q+1/b9-8+. The topological polar surface area (TPSA) is 22.3 Å². The van der Waals surface area contributed by atoms with Gasteiger partial charge in [0.2, 0.25) is 12.5 Å². The van der Waals surface area contributed by atoms with E-state index in [1.54, 1.807) is 0 Å². The molecule has 0 radical (unpaired) electrons. The van der Waals surface area contributed by atoms with Crippen LogP contribution in [0.4, 0.5) is 0 Å². The Balaban J connectivity index is 1.94. The summed E-state index contributed by atoms with van der Waals surface area (Å²) in [6, 6.07) is 12.0. The number of ether oxygens (including phenoxy) is 2. The molecule has 3 heteroatoms. The van der Waals surface area contributed by atoms with Gasteiger partial charge in [-0.3, -0.25) is 0 Å². The van der Waals surface area contributed by atoms with Gasteiger partial charge in [-0.1, -0.05) is 12.1 Å². The van der Waals surface area contributed by atoms with Crippen LogP contribution in [-0.2, 0) is 7.05 Å². The summed E-state index contributed by atoms with van der Waals surface area (Å²) < 4.78 is 12.9. The molecule has 3 rings (SSSR count). The molecule has 2 aromatic rings. The molecule has 0 fully saturated rings. The highest BCUT2D eigenvalue weighted by Gasteiger charge is 2.15. The van der Waals surface area contributed by atoms with E-state index < -0.39 is 0 Å². The van der Waals surface area contributed by atoms with E-state index in [1.807, 2.05) is 49.7 Å². The predicted molar refractivity (Wildman–Crippen MR) is 69.1 cm³/mol. The summed E-state index contributed by atoms with van der Waals surface area (Å²) in [4.78, 5) is 0. The molecule has 0 bridgehead atoms. The van der Waals surface area contributed by atoms with Gasteiger partial charge in [0.05, 0.1) is 0 Å². The second-order valence-corrected chi connectivity index (χ2v) is 4.15. The van der Waals surface area contributed by atoms with E-state index >= 15 is 0 Å². The highest BCUT2D eigenvalue weighted by Crippen LogP contribution is 2.36. The molecule has 0 saturated heterocycles. The Hall–Kier alpha value is -2.29. The summed E-state index contributed by atoms with van der Waals surface area (Å²) >= 11 is 0. The van der Waals surface area contributed by atoms with Crippen molar-refractivity contribution >= 4 is 12.2 Å². The molecule has 0 aliphatic carbocycles. The lowest BCUT2D eigenvalue weighted by atomic mass is 10.1. The third-order valence-corrected chi connectivity index (χ3v) is 2.96. The Labute approximate surface area is 106 Å². The van der Waals surface area contributed by atoms with E-state index in [1.165, 1.54) is 0 Å². The minimum atomic E-state index is 0.305. The quantitative estimate of drug-likeness (QED) is 0.752. The van der Waals surface area contributed by atoms with Crippen LogP contribution in [0.2, 0.25) is 0 Å². The molecule has 1 aromatic carbocycles. The van der Waals surface area contributed by atoms with Crippen molar-refractivity contribution in [3.8, 4) is 11.5 Å². The number of aromatic nitrogens is 1. The monoisotopic (exact) mass is 240 g/mol. The van der Waals surface area contributed by atoms with Gasteiger partial charge < -0.3 is 9.47 Å². The second kappa shape index (κ2) is 4.53. The van der Waals surface area contributed by atoms with E-state index in [4.69, 9.17) is 9.47 Å². The normalized spacial score (nSPS) is 13.2. The zero-order chi connectivity index (χ0) is 12.4. The van der Waals surface area contributed by atoms with Gasteiger partial charge in [0.25, 0.3) is 0 Å². The summed E-state index contributed by atoms with van der Waals surface area (Å²) in [6.07, 6.45) is 6.13. The first-order valence-corrected chi connectivity index (χ1v) is 5.86. The molecule has 1 aliphatic heterocycles. The summed E-state index contributed by atoms with van der Waals surface area (Å²) in [5.41, 5.74) is 2.17. The number of fused-ring (bicyclic) bond motifs is 1. The maximum absolute atomic E-state index is 5.47. The van der Waals surface area contributed by atoms with Crippen LogP contribution >= 0.6 is 0 Å². The fourth-order valence-electron chi connectivity index (χ4n) is 1.97. The highest BCUT2D eigenvalue weighted by molar-refractivity contribution is 5.72. The Morgan fingerprint density at radius 3 is 2.89 bits per heavy atom. The molecule has 1 aliphatic rings. The number of hydrogen-bond donors (Lipinski definition) is 0. The summed E-state index contributed by atoms with van der Waals surface area (Å²) in [5, 5.41) is 0. The average molecular weight is 240 g/mol. The highest BCUT2D eigenvalue weighted by atomic mass is 16.7. The molecule has 0 N–H and O–H groups in total. The van der Waals surface area contributed by atoms with Crippen LogP contribution in [0.15, 0.2) is 42.6 Å². The SMILES string of the molecule is C[n+]1ccccc1/C=C/c1cccc2c1OCO2. The van der Waals surface area contributed by atoms with E-state index in [0.29, 0.717) is 6.79 Å². The van der Waals surface area contributed by atoms with Crippen LogP contribution in [0.1, 0.15) is 11.3 Å². The third-order valence-electron chi connectivity index (χ3n) is 2.96. The van der Waals surface area contributed by atoms with Gasteiger partial charge in [-0.2, -0.15) is 0 Å². The largest absolute Gasteiger partial charge is 0.454 e. The number of para-hydroxylation sites is 1. The smallest absolute Gasteiger partial charge is 0.231 e. The fourth-order valence-corrected chi connectivity index (χ4v) is 1.97. The first-order valence-electron chi connectivity index (χ1n) is 5.86. The number of rotatable bonds is 2. The van der Waals surface area contributed by atoms with Crippen molar-refractivity contribution in [3.63, 3.8) is 0 Å². The molecule has 0 atom stereocenters. The lowest BCUT2D eigenvalue weighted by molar-refractivity contribution is -0.673. The number of pyridine rings is 1. The maximum atomic E-state index is 5.47.